The Morgan fingerprint density at radius 2 is 1.83 bits per heavy atom. The molecule has 2 aliphatic rings. The zero-order valence-electron chi connectivity index (χ0n) is 11.4. The van der Waals surface area contributed by atoms with E-state index in [1.165, 1.54) is 32.1 Å². The van der Waals surface area contributed by atoms with Crippen LogP contribution in [0.5, 0.6) is 0 Å². The summed E-state index contributed by atoms with van der Waals surface area (Å²) in [6, 6.07) is 0. The van der Waals surface area contributed by atoms with E-state index in [-0.39, 0.29) is 4.75 Å². The van der Waals surface area contributed by atoms with E-state index < -0.39 is 10.8 Å². The number of rotatable bonds is 3. The van der Waals surface area contributed by atoms with Crippen LogP contribution in [0.15, 0.2) is 4.99 Å². The molecule has 0 aromatic heterocycles. The minimum absolute atomic E-state index is 0.0729. The molecule has 0 bridgehead atoms. The van der Waals surface area contributed by atoms with Gasteiger partial charge in [-0.1, -0.05) is 19.3 Å². The molecule has 1 aliphatic carbocycles. The summed E-state index contributed by atoms with van der Waals surface area (Å²) in [5.41, 5.74) is 6.08. The van der Waals surface area contributed by atoms with Crippen LogP contribution in [0.3, 0.4) is 0 Å². The van der Waals surface area contributed by atoms with E-state index >= 15 is 0 Å². The van der Waals surface area contributed by atoms with Gasteiger partial charge < -0.3 is 10.6 Å². The van der Waals surface area contributed by atoms with E-state index in [4.69, 9.17) is 5.73 Å². The van der Waals surface area contributed by atoms with Crippen LogP contribution >= 0.6 is 0 Å². The van der Waals surface area contributed by atoms with E-state index in [0.717, 1.165) is 25.9 Å². The molecule has 104 valence electrons. The molecule has 2 N–H and O–H groups in total. The topological polar surface area (TPSA) is 58.7 Å². The molecule has 1 atom stereocenters. The van der Waals surface area contributed by atoms with Crippen molar-refractivity contribution in [1.29, 1.82) is 0 Å². The molecule has 1 unspecified atom stereocenters. The van der Waals surface area contributed by atoms with Gasteiger partial charge in [0.15, 0.2) is 5.96 Å². The number of hydrogen-bond donors (Lipinski definition) is 1. The zero-order valence-corrected chi connectivity index (χ0v) is 12.2. The Morgan fingerprint density at radius 3 is 2.28 bits per heavy atom. The van der Waals surface area contributed by atoms with E-state index in [9.17, 15) is 4.21 Å². The lowest BCUT2D eigenvalue weighted by atomic mass is 9.84. The Kier molecular flexibility index (Phi) is 4.65. The SMILES string of the molecule is CS(=O)C1(CN=C(N)N2CCCCCC2)CCC1. The zero-order chi connectivity index (χ0) is 13.0. The van der Waals surface area contributed by atoms with E-state index in [1.807, 2.05) is 0 Å². The summed E-state index contributed by atoms with van der Waals surface area (Å²) in [7, 11) is -0.788. The Hall–Kier alpha value is -0.580. The highest BCUT2D eigenvalue weighted by Gasteiger charge is 2.40. The van der Waals surface area contributed by atoms with Crippen molar-refractivity contribution in [3.63, 3.8) is 0 Å². The molecule has 1 saturated carbocycles. The minimum atomic E-state index is -0.788. The van der Waals surface area contributed by atoms with Gasteiger partial charge in [0.05, 0.1) is 11.3 Å². The van der Waals surface area contributed by atoms with Crippen LogP contribution in [0.4, 0.5) is 0 Å². The second kappa shape index (κ2) is 6.04. The van der Waals surface area contributed by atoms with E-state index in [1.54, 1.807) is 6.26 Å². The van der Waals surface area contributed by atoms with Gasteiger partial charge >= 0.3 is 0 Å². The van der Waals surface area contributed by atoms with Gasteiger partial charge in [-0.15, -0.1) is 0 Å². The molecule has 4 nitrogen and oxygen atoms in total. The molecule has 0 amide bonds. The Balaban J connectivity index is 1.93. The second-order valence-corrected chi connectivity index (χ2v) is 7.34. The fourth-order valence-electron chi connectivity index (χ4n) is 2.73. The number of nitrogens with two attached hydrogens (primary N) is 1. The number of nitrogens with zero attached hydrogens (tertiary/aromatic N) is 2. The summed E-state index contributed by atoms with van der Waals surface area (Å²) < 4.78 is 11.7. The van der Waals surface area contributed by atoms with Gasteiger partial charge in [-0.2, -0.15) is 0 Å². The van der Waals surface area contributed by atoms with Crippen LogP contribution in [0.2, 0.25) is 0 Å². The monoisotopic (exact) mass is 271 g/mol. The van der Waals surface area contributed by atoms with Gasteiger partial charge in [-0.05, 0) is 25.7 Å². The normalized spacial score (nSPS) is 26.3. The molecule has 18 heavy (non-hydrogen) atoms. The molecule has 0 radical (unpaired) electrons. The smallest absolute Gasteiger partial charge is 0.191 e. The fourth-order valence-corrected chi connectivity index (χ4v) is 3.84. The van der Waals surface area contributed by atoms with Crippen LogP contribution < -0.4 is 5.73 Å². The van der Waals surface area contributed by atoms with Crippen molar-refractivity contribution in [1.82, 2.24) is 4.90 Å². The predicted octanol–water partition coefficient (Wildman–Crippen LogP) is 1.48. The summed E-state index contributed by atoms with van der Waals surface area (Å²) in [5, 5.41) is 0. The highest BCUT2D eigenvalue weighted by Crippen LogP contribution is 2.37. The minimum Gasteiger partial charge on any atom is -0.370 e. The summed E-state index contributed by atoms with van der Waals surface area (Å²) in [4.78, 5) is 6.72. The van der Waals surface area contributed by atoms with Gasteiger partial charge in [-0.25, -0.2) is 0 Å². The number of aliphatic imine (C=N–C) groups is 1. The Bertz CT molecular complexity index is 331. The van der Waals surface area contributed by atoms with Crippen molar-refractivity contribution < 1.29 is 4.21 Å². The van der Waals surface area contributed by atoms with Gasteiger partial charge in [0, 0.05) is 30.1 Å². The second-order valence-electron chi connectivity index (χ2n) is 5.57. The van der Waals surface area contributed by atoms with Gasteiger partial charge in [0.2, 0.25) is 0 Å². The van der Waals surface area contributed by atoms with Crippen molar-refractivity contribution in [2.45, 2.75) is 49.7 Å². The average Bonchev–Trinajstić information content (AvgIpc) is 2.55. The van der Waals surface area contributed by atoms with Crippen LogP contribution in [0.25, 0.3) is 0 Å². The Labute approximate surface area is 112 Å². The maximum atomic E-state index is 11.8. The maximum absolute atomic E-state index is 11.8. The molecule has 2 rings (SSSR count). The molecule has 5 heteroatoms. The average molecular weight is 271 g/mol. The van der Waals surface area contributed by atoms with Crippen LogP contribution in [0, 0.1) is 0 Å². The quantitative estimate of drug-likeness (QED) is 0.625. The van der Waals surface area contributed by atoms with Crippen molar-refractivity contribution >= 4 is 16.8 Å². The predicted molar refractivity (Wildman–Crippen MR) is 77.2 cm³/mol. The molecule has 0 spiro atoms. The van der Waals surface area contributed by atoms with E-state index in [2.05, 4.69) is 9.89 Å². The lowest BCUT2D eigenvalue weighted by Crippen LogP contribution is -2.46. The third kappa shape index (κ3) is 3.05. The molecular weight excluding hydrogens is 246 g/mol. The number of hydrogen-bond acceptors (Lipinski definition) is 2. The molecule has 1 saturated heterocycles. The summed E-state index contributed by atoms with van der Waals surface area (Å²) in [5.74, 6) is 0.661. The number of likely N-dealkylation sites (tertiary alicyclic amines) is 1. The lowest BCUT2D eigenvalue weighted by molar-refractivity contribution is 0.357. The summed E-state index contributed by atoms with van der Waals surface area (Å²) >= 11 is 0. The first-order valence-corrected chi connectivity index (χ1v) is 8.58. The highest BCUT2D eigenvalue weighted by molar-refractivity contribution is 7.85. The maximum Gasteiger partial charge on any atom is 0.191 e. The molecule has 1 aliphatic heterocycles. The van der Waals surface area contributed by atoms with E-state index in [0.29, 0.717) is 12.5 Å². The first-order chi connectivity index (χ1) is 8.64. The first kappa shape index (κ1) is 13.8. The molecule has 1 heterocycles. The lowest BCUT2D eigenvalue weighted by Gasteiger charge is -2.38. The highest BCUT2D eigenvalue weighted by atomic mass is 32.2. The van der Waals surface area contributed by atoms with Gasteiger partial charge in [0.25, 0.3) is 0 Å². The van der Waals surface area contributed by atoms with Crippen LogP contribution in [0.1, 0.15) is 44.9 Å². The van der Waals surface area contributed by atoms with Gasteiger partial charge in [-0.3, -0.25) is 9.20 Å². The van der Waals surface area contributed by atoms with Crippen molar-refractivity contribution in [3.8, 4) is 0 Å². The van der Waals surface area contributed by atoms with Crippen molar-refractivity contribution in [2.75, 3.05) is 25.9 Å². The molecule has 0 aromatic rings. The molecular formula is C13H25N3OS. The fraction of sp³-hybridized carbons (Fsp3) is 0.923. The summed E-state index contributed by atoms with van der Waals surface area (Å²) in [6.07, 6.45) is 10.1. The van der Waals surface area contributed by atoms with Gasteiger partial charge in [0.1, 0.15) is 0 Å². The summed E-state index contributed by atoms with van der Waals surface area (Å²) in [6.45, 7) is 2.69. The molecule has 2 fully saturated rings. The standard InChI is InChI=1S/C13H25N3OS/c1-18(17)13(7-6-8-13)11-15-12(14)16-9-4-2-3-5-10-16/h2-11H2,1H3,(H2,14,15). The Morgan fingerprint density at radius 1 is 1.22 bits per heavy atom. The van der Waals surface area contributed by atoms with Crippen molar-refractivity contribution in [3.05, 3.63) is 0 Å². The van der Waals surface area contributed by atoms with Crippen LogP contribution in [-0.4, -0.2) is 45.7 Å². The number of guanidine groups is 1. The first-order valence-electron chi connectivity index (χ1n) is 7.02. The third-order valence-electron chi connectivity index (χ3n) is 4.33. The van der Waals surface area contributed by atoms with Crippen LogP contribution in [-0.2, 0) is 10.8 Å². The van der Waals surface area contributed by atoms with Crippen molar-refractivity contribution in [2.24, 2.45) is 10.7 Å². The third-order valence-corrected chi connectivity index (χ3v) is 6.09. The largest absolute Gasteiger partial charge is 0.370 e. The molecule has 0 aromatic carbocycles.